The van der Waals surface area contributed by atoms with E-state index in [9.17, 15) is 0 Å². The van der Waals surface area contributed by atoms with E-state index >= 15 is 0 Å². The summed E-state index contributed by atoms with van der Waals surface area (Å²) in [6, 6.07) is 0. The van der Waals surface area contributed by atoms with Crippen molar-refractivity contribution in [1.29, 1.82) is 0 Å². The Morgan fingerprint density at radius 1 is 1.00 bits per heavy atom. The lowest BCUT2D eigenvalue weighted by Crippen LogP contribution is -1.84. The summed E-state index contributed by atoms with van der Waals surface area (Å²) in [7, 11) is 3.07. The van der Waals surface area contributed by atoms with Crippen LogP contribution in [0.15, 0.2) is 0 Å². The van der Waals surface area contributed by atoms with Crippen LogP contribution >= 0.6 is 16.3 Å². The van der Waals surface area contributed by atoms with Gasteiger partial charge in [0.1, 0.15) is 0 Å². The van der Waals surface area contributed by atoms with E-state index < -0.39 is 0 Å². The molecule has 0 heterocycles. The summed E-state index contributed by atoms with van der Waals surface area (Å²) in [4.78, 5) is 0. The lowest BCUT2D eigenvalue weighted by molar-refractivity contribution is 0.456. The molecule has 0 aromatic rings. The van der Waals surface area contributed by atoms with Gasteiger partial charge in [0.2, 0.25) is 0 Å². The second-order valence-corrected chi connectivity index (χ2v) is 6.14. The SMILES string of the molecule is COP(C)CP(C)OC. The first-order valence-electron chi connectivity index (χ1n) is 2.71. The van der Waals surface area contributed by atoms with Gasteiger partial charge >= 0.3 is 0 Å². The zero-order chi connectivity index (χ0) is 7.28. The molecule has 4 heteroatoms. The summed E-state index contributed by atoms with van der Waals surface area (Å²) in [5.41, 5.74) is 0. The molecule has 0 radical (unpaired) electrons. The third-order valence-corrected chi connectivity index (χ3v) is 5.45. The minimum Gasteiger partial charge on any atom is -0.362 e. The first-order valence-corrected chi connectivity index (χ1v) is 6.49. The van der Waals surface area contributed by atoms with Crippen LogP contribution in [-0.4, -0.2) is 33.5 Å². The van der Waals surface area contributed by atoms with Crippen LogP contribution in [-0.2, 0) is 9.05 Å². The standard InChI is InChI=1S/C5H14O2P2/c1-6-8(3)5-9(4)7-2/h5H2,1-4H3. The third kappa shape index (κ3) is 5.24. The molecule has 9 heavy (non-hydrogen) atoms. The van der Waals surface area contributed by atoms with Crippen LogP contribution in [0, 0.1) is 0 Å². The fourth-order valence-corrected chi connectivity index (χ4v) is 3.56. The minimum atomic E-state index is -0.220. The molecule has 0 aromatic heterocycles. The summed E-state index contributed by atoms with van der Waals surface area (Å²) in [5, 5.41) is 0. The molecule has 0 saturated heterocycles. The van der Waals surface area contributed by atoms with Gasteiger partial charge in [-0.15, -0.1) is 0 Å². The second-order valence-electron chi connectivity index (χ2n) is 1.76. The Hall–Kier alpha value is 0.780. The van der Waals surface area contributed by atoms with Crippen molar-refractivity contribution in [3.8, 4) is 0 Å². The van der Waals surface area contributed by atoms with Gasteiger partial charge in [-0.2, -0.15) is 0 Å². The maximum Gasteiger partial charge on any atom is 0.0398 e. The molecule has 2 unspecified atom stereocenters. The normalized spacial score (nSPS) is 17.3. The molecular weight excluding hydrogens is 154 g/mol. The van der Waals surface area contributed by atoms with E-state index in [1.165, 1.54) is 0 Å². The maximum absolute atomic E-state index is 5.12. The average Bonchev–Trinajstić information content (AvgIpc) is 1.87. The molecular formula is C5H14O2P2. The van der Waals surface area contributed by atoms with Gasteiger partial charge in [-0.1, -0.05) is 0 Å². The van der Waals surface area contributed by atoms with Crippen molar-refractivity contribution in [3.05, 3.63) is 0 Å². The Bertz CT molecular complexity index is 62.0. The van der Waals surface area contributed by atoms with Crippen molar-refractivity contribution in [1.82, 2.24) is 0 Å². The Labute approximate surface area is 59.6 Å². The zero-order valence-electron chi connectivity index (χ0n) is 6.42. The van der Waals surface area contributed by atoms with Crippen molar-refractivity contribution >= 4 is 16.3 Å². The van der Waals surface area contributed by atoms with Gasteiger partial charge in [-0.25, -0.2) is 0 Å². The largest absolute Gasteiger partial charge is 0.362 e. The summed E-state index contributed by atoms with van der Waals surface area (Å²) in [5.74, 6) is 1.09. The third-order valence-electron chi connectivity index (χ3n) is 1.02. The highest BCUT2D eigenvalue weighted by Crippen LogP contribution is 2.46. The molecule has 56 valence electrons. The summed E-state index contributed by atoms with van der Waals surface area (Å²) in [6.07, 6.45) is 0. The van der Waals surface area contributed by atoms with E-state index in [0.29, 0.717) is 0 Å². The summed E-state index contributed by atoms with van der Waals surface area (Å²) >= 11 is 0. The zero-order valence-corrected chi connectivity index (χ0v) is 8.21. The van der Waals surface area contributed by atoms with Gasteiger partial charge in [-0.3, -0.25) is 0 Å². The van der Waals surface area contributed by atoms with Crippen LogP contribution in [0.5, 0.6) is 0 Å². The van der Waals surface area contributed by atoms with Gasteiger partial charge in [0.05, 0.1) is 0 Å². The lowest BCUT2D eigenvalue weighted by atomic mass is 11.8. The van der Waals surface area contributed by atoms with Crippen LogP contribution in [0.2, 0.25) is 0 Å². The van der Waals surface area contributed by atoms with Crippen LogP contribution < -0.4 is 0 Å². The molecule has 0 amide bonds. The second kappa shape index (κ2) is 5.56. The summed E-state index contributed by atoms with van der Waals surface area (Å²) < 4.78 is 10.2. The van der Waals surface area contributed by atoms with Gasteiger partial charge in [-0.05, 0) is 13.3 Å². The first kappa shape index (κ1) is 9.78. The van der Waals surface area contributed by atoms with Gasteiger partial charge in [0, 0.05) is 36.4 Å². The molecule has 0 saturated carbocycles. The average molecular weight is 168 g/mol. The molecule has 0 N–H and O–H groups in total. The lowest BCUT2D eigenvalue weighted by Gasteiger charge is -2.13. The molecule has 2 nitrogen and oxygen atoms in total. The molecule has 0 rings (SSSR count). The van der Waals surface area contributed by atoms with E-state index in [-0.39, 0.29) is 16.3 Å². The highest BCUT2D eigenvalue weighted by Gasteiger charge is 2.05. The van der Waals surface area contributed by atoms with Crippen molar-refractivity contribution in [2.75, 3.05) is 33.5 Å². The number of hydrogen-bond acceptors (Lipinski definition) is 2. The van der Waals surface area contributed by atoms with E-state index in [4.69, 9.17) is 9.05 Å². The fraction of sp³-hybridized carbons (Fsp3) is 1.00. The van der Waals surface area contributed by atoms with Crippen LogP contribution in [0.4, 0.5) is 0 Å². The highest BCUT2D eigenvalue weighted by atomic mass is 31.2. The topological polar surface area (TPSA) is 18.5 Å². The molecule has 0 aliphatic carbocycles. The Kier molecular flexibility index (Phi) is 6.04. The smallest absolute Gasteiger partial charge is 0.0398 e. The molecule has 2 atom stereocenters. The molecule has 0 aliphatic heterocycles. The van der Waals surface area contributed by atoms with Crippen LogP contribution in [0.1, 0.15) is 0 Å². The minimum absolute atomic E-state index is 0.220. The molecule has 0 spiro atoms. The Morgan fingerprint density at radius 3 is 1.56 bits per heavy atom. The molecule has 0 aromatic carbocycles. The summed E-state index contributed by atoms with van der Waals surface area (Å²) in [6.45, 7) is 4.24. The van der Waals surface area contributed by atoms with Crippen molar-refractivity contribution < 1.29 is 9.05 Å². The van der Waals surface area contributed by atoms with E-state index in [0.717, 1.165) is 5.90 Å². The Morgan fingerprint density at radius 2 is 1.33 bits per heavy atom. The maximum atomic E-state index is 5.12. The van der Waals surface area contributed by atoms with Crippen molar-refractivity contribution in [2.24, 2.45) is 0 Å². The predicted octanol–water partition coefficient (Wildman–Crippen LogP) is 2.29. The fourth-order valence-electron chi connectivity index (χ4n) is 0.396. The van der Waals surface area contributed by atoms with Gasteiger partial charge < -0.3 is 9.05 Å². The monoisotopic (exact) mass is 168 g/mol. The van der Waals surface area contributed by atoms with E-state index in [1.54, 1.807) is 14.2 Å². The number of hydrogen-bond donors (Lipinski definition) is 0. The molecule has 0 bridgehead atoms. The van der Waals surface area contributed by atoms with Crippen molar-refractivity contribution in [2.45, 2.75) is 0 Å². The van der Waals surface area contributed by atoms with E-state index in [1.807, 2.05) is 0 Å². The van der Waals surface area contributed by atoms with Crippen LogP contribution in [0.25, 0.3) is 0 Å². The molecule has 0 aliphatic rings. The molecule has 0 fully saturated rings. The first-order chi connectivity index (χ1) is 4.20. The van der Waals surface area contributed by atoms with Gasteiger partial charge in [0.25, 0.3) is 0 Å². The quantitative estimate of drug-likeness (QED) is 0.599. The van der Waals surface area contributed by atoms with Gasteiger partial charge in [0.15, 0.2) is 0 Å². The van der Waals surface area contributed by atoms with Crippen molar-refractivity contribution in [3.63, 3.8) is 0 Å². The number of rotatable bonds is 4. The van der Waals surface area contributed by atoms with Crippen LogP contribution in [0.3, 0.4) is 0 Å². The predicted molar refractivity (Wildman–Crippen MR) is 44.6 cm³/mol. The van der Waals surface area contributed by atoms with E-state index in [2.05, 4.69) is 13.3 Å². The Balaban J connectivity index is 3.22. The highest BCUT2D eigenvalue weighted by molar-refractivity contribution is 7.69.